The number of halogens is 2. The molecule has 8 heteroatoms. The molecule has 1 saturated heterocycles. The summed E-state index contributed by atoms with van der Waals surface area (Å²) in [6.07, 6.45) is 5.29. The van der Waals surface area contributed by atoms with Crippen molar-refractivity contribution in [1.82, 2.24) is 15.2 Å². The van der Waals surface area contributed by atoms with Crippen molar-refractivity contribution >= 4 is 46.1 Å². The molecule has 1 aliphatic rings. The zero-order valence-corrected chi connectivity index (χ0v) is 21.0. The Bertz CT molecular complexity index is 1160. The molecule has 0 saturated carbocycles. The van der Waals surface area contributed by atoms with E-state index in [1.54, 1.807) is 12.1 Å². The molecule has 1 aliphatic heterocycles. The van der Waals surface area contributed by atoms with Gasteiger partial charge in [0.15, 0.2) is 5.75 Å². The highest BCUT2D eigenvalue weighted by Gasteiger charge is 2.25. The molecule has 0 radical (unpaired) electrons. The molecule has 1 aromatic heterocycles. The van der Waals surface area contributed by atoms with Crippen molar-refractivity contribution in [3.05, 3.63) is 52.1 Å². The third kappa shape index (κ3) is 5.31. The number of benzene rings is 2. The number of phenols is 1. The van der Waals surface area contributed by atoms with E-state index in [-0.39, 0.29) is 15.8 Å². The first-order valence-electron chi connectivity index (χ1n) is 11.5. The summed E-state index contributed by atoms with van der Waals surface area (Å²) in [5.41, 5.74) is 4.57. The number of hydrogen-bond acceptors (Lipinski definition) is 6. The molecule has 3 aromatic rings. The third-order valence-electron chi connectivity index (χ3n) is 6.36. The number of phenolic OH excluding ortho intramolecular Hbond substituents is 1. The van der Waals surface area contributed by atoms with E-state index in [1.807, 2.05) is 18.3 Å². The summed E-state index contributed by atoms with van der Waals surface area (Å²) in [6.45, 7) is 3.67. The molecule has 1 atom stereocenters. The molecule has 1 unspecified atom stereocenters. The number of fused-ring (bicyclic) bond motifs is 1. The number of hydrogen-bond donors (Lipinski definition) is 2. The first-order valence-corrected chi connectivity index (χ1v) is 12.3. The highest BCUT2D eigenvalue weighted by Crippen LogP contribution is 2.39. The third-order valence-corrected chi connectivity index (χ3v) is 6.93. The Balaban J connectivity index is 1.90. The number of nitrogens with zero attached hydrogens (tertiary/aromatic N) is 3. The van der Waals surface area contributed by atoms with Gasteiger partial charge in [0.25, 0.3) is 0 Å². The van der Waals surface area contributed by atoms with Crippen molar-refractivity contribution in [2.24, 2.45) is 0 Å². The second kappa shape index (κ2) is 10.9. The first-order chi connectivity index (χ1) is 16.4. The Morgan fingerprint density at radius 3 is 2.56 bits per heavy atom. The topological polar surface area (TPSA) is 68.7 Å². The summed E-state index contributed by atoms with van der Waals surface area (Å²) in [5.74, 6) is -0.122. The number of anilines is 1. The van der Waals surface area contributed by atoms with Crippen LogP contribution in [0, 0.1) is 0 Å². The fraction of sp³-hybridized carbons (Fsp3) is 0.385. The summed E-state index contributed by atoms with van der Waals surface area (Å²) in [6, 6.07) is 9.79. The van der Waals surface area contributed by atoms with Gasteiger partial charge in [0.05, 0.1) is 21.2 Å². The van der Waals surface area contributed by atoms with Crippen molar-refractivity contribution < 1.29 is 9.90 Å². The van der Waals surface area contributed by atoms with E-state index < -0.39 is 0 Å². The Morgan fingerprint density at radius 2 is 1.91 bits per heavy atom. The van der Waals surface area contributed by atoms with Crippen LogP contribution in [0.4, 0.5) is 5.69 Å². The summed E-state index contributed by atoms with van der Waals surface area (Å²) in [4.78, 5) is 20.9. The fourth-order valence-electron chi connectivity index (χ4n) is 4.59. The van der Waals surface area contributed by atoms with Gasteiger partial charge in [-0.15, -0.1) is 0 Å². The lowest BCUT2D eigenvalue weighted by Crippen LogP contribution is -2.48. The number of carbonyl (C=O) groups excluding carboxylic acids is 1. The number of aromatic nitrogens is 1. The molecule has 4 rings (SSSR count). The van der Waals surface area contributed by atoms with E-state index in [0.29, 0.717) is 12.5 Å². The number of likely N-dealkylation sites (N-methyl/N-ethyl adjacent to an activating group) is 1. The quantitative estimate of drug-likeness (QED) is 0.434. The van der Waals surface area contributed by atoms with Crippen LogP contribution in [0.2, 0.25) is 10.0 Å². The molecule has 0 aliphatic carbocycles. The molecule has 2 heterocycles. The zero-order chi connectivity index (χ0) is 24.2. The number of carbonyl (C=O) groups is 1. The van der Waals surface area contributed by atoms with Gasteiger partial charge < -0.3 is 25.0 Å². The number of nitrogens with one attached hydrogen (secondary N) is 1. The van der Waals surface area contributed by atoms with Crippen molar-refractivity contribution in [1.29, 1.82) is 0 Å². The van der Waals surface area contributed by atoms with Crippen LogP contribution < -0.4 is 10.2 Å². The van der Waals surface area contributed by atoms with Gasteiger partial charge in [-0.1, -0.05) is 29.3 Å². The first kappa shape index (κ1) is 24.7. The standard InChI is InChI=1S/C26H30Cl2N4O2/c1-31(2)9-10-32(20-4-3-8-29-16-20)25-18(7-11-33)15-30-24-6-5-17(12-21(24)25)19-13-22(27)26(34)23(28)14-19/h5-6,11-15,20,29,34H,3-4,7-10,16H2,1-2H3. The van der Waals surface area contributed by atoms with E-state index in [9.17, 15) is 9.90 Å². The molecular weight excluding hydrogens is 471 g/mol. The van der Waals surface area contributed by atoms with Crippen LogP contribution in [0.3, 0.4) is 0 Å². The normalized spacial score (nSPS) is 16.2. The van der Waals surface area contributed by atoms with Gasteiger partial charge in [-0.25, -0.2) is 0 Å². The largest absolute Gasteiger partial charge is 0.505 e. The molecule has 180 valence electrons. The molecule has 2 aromatic carbocycles. The summed E-state index contributed by atoms with van der Waals surface area (Å²) < 4.78 is 0. The van der Waals surface area contributed by atoms with Gasteiger partial charge in [-0.2, -0.15) is 0 Å². The molecule has 34 heavy (non-hydrogen) atoms. The maximum absolute atomic E-state index is 11.6. The van der Waals surface area contributed by atoms with Crippen LogP contribution in [0.25, 0.3) is 22.0 Å². The highest BCUT2D eigenvalue weighted by atomic mass is 35.5. The molecular formula is C26H30Cl2N4O2. The second-order valence-corrected chi connectivity index (χ2v) is 9.83. The lowest BCUT2D eigenvalue weighted by molar-refractivity contribution is -0.107. The van der Waals surface area contributed by atoms with Gasteiger partial charge in [0.1, 0.15) is 6.29 Å². The average molecular weight is 501 g/mol. The number of rotatable bonds is 8. The minimum Gasteiger partial charge on any atom is -0.505 e. The maximum atomic E-state index is 11.6. The SMILES string of the molecule is CN(C)CCN(c1c(CC=O)cnc2ccc(-c3cc(Cl)c(O)c(Cl)c3)cc12)C1CCCNC1. The molecule has 0 bridgehead atoms. The second-order valence-electron chi connectivity index (χ2n) is 9.02. The Labute approximate surface area is 210 Å². The lowest BCUT2D eigenvalue weighted by atomic mass is 9.97. The predicted octanol–water partition coefficient (Wildman–Crippen LogP) is 4.78. The van der Waals surface area contributed by atoms with Crippen LogP contribution >= 0.6 is 23.2 Å². The Hall–Kier alpha value is -2.38. The summed E-state index contributed by atoms with van der Waals surface area (Å²) >= 11 is 12.4. The van der Waals surface area contributed by atoms with E-state index >= 15 is 0 Å². The van der Waals surface area contributed by atoms with Crippen LogP contribution in [-0.4, -0.2) is 67.6 Å². The van der Waals surface area contributed by atoms with Gasteiger partial charge in [-0.05, 0) is 68.9 Å². The maximum Gasteiger partial charge on any atom is 0.152 e. The van der Waals surface area contributed by atoms with Crippen molar-refractivity contribution in [2.75, 3.05) is 45.2 Å². The van der Waals surface area contributed by atoms with Gasteiger partial charge in [0.2, 0.25) is 0 Å². The molecule has 1 fully saturated rings. The van der Waals surface area contributed by atoms with E-state index in [0.717, 1.165) is 78.6 Å². The molecule has 0 amide bonds. The minimum atomic E-state index is -0.122. The van der Waals surface area contributed by atoms with Crippen molar-refractivity contribution in [2.45, 2.75) is 25.3 Å². The van der Waals surface area contributed by atoms with Crippen LogP contribution in [0.1, 0.15) is 18.4 Å². The van der Waals surface area contributed by atoms with Gasteiger partial charge >= 0.3 is 0 Å². The zero-order valence-electron chi connectivity index (χ0n) is 19.5. The van der Waals surface area contributed by atoms with Crippen LogP contribution in [0.15, 0.2) is 36.5 Å². The molecule has 6 nitrogen and oxygen atoms in total. The monoisotopic (exact) mass is 500 g/mol. The Kier molecular flexibility index (Phi) is 7.94. The number of piperidine rings is 1. The summed E-state index contributed by atoms with van der Waals surface area (Å²) in [5, 5.41) is 14.9. The Morgan fingerprint density at radius 1 is 1.15 bits per heavy atom. The lowest BCUT2D eigenvalue weighted by Gasteiger charge is -2.38. The number of pyridine rings is 1. The predicted molar refractivity (Wildman–Crippen MR) is 140 cm³/mol. The fourth-order valence-corrected chi connectivity index (χ4v) is 5.08. The number of aldehydes is 1. The van der Waals surface area contributed by atoms with Crippen molar-refractivity contribution in [3.8, 4) is 16.9 Å². The number of aromatic hydroxyl groups is 1. The summed E-state index contributed by atoms with van der Waals surface area (Å²) in [7, 11) is 4.15. The molecule has 0 spiro atoms. The molecule has 2 N–H and O–H groups in total. The van der Waals surface area contributed by atoms with Gasteiger partial charge in [-0.3, -0.25) is 4.98 Å². The van der Waals surface area contributed by atoms with Crippen LogP contribution in [-0.2, 0) is 11.2 Å². The highest BCUT2D eigenvalue weighted by molar-refractivity contribution is 6.37. The minimum absolute atomic E-state index is 0.122. The van der Waals surface area contributed by atoms with E-state index in [1.165, 1.54) is 0 Å². The van der Waals surface area contributed by atoms with Crippen molar-refractivity contribution in [3.63, 3.8) is 0 Å². The van der Waals surface area contributed by atoms with E-state index in [2.05, 4.69) is 40.3 Å². The van der Waals surface area contributed by atoms with Crippen LogP contribution in [0.5, 0.6) is 5.75 Å². The smallest absolute Gasteiger partial charge is 0.152 e. The average Bonchev–Trinajstić information content (AvgIpc) is 2.83. The van der Waals surface area contributed by atoms with E-state index in [4.69, 9.17) is 23.2 Å². The van der Waals surface area contributed by atoms with Gasteiger partial charge in [0, 0.05) is 49.2 Å².